The van der Waals surface area contributed by atoms with Crippen molar-refractivity contribution in [1.29, 1.82) is 0 Å². The predicted octanol–water partition coefficient (Wildman–Crippen LogP) is 1.60. The molecule has 96 valence electrons. The summed E-state index contributed by atoms with van der Waals surface area (Å²) in [6.45, 7) is 3.96. The first-order valence-electron chi connectivity index (χ1n) is 6.05. The number of fused-ring (bicyclic) bond motifs is 1. The van der Waals surface area contributed by atoms with Crippen LogP contribution in [0.1, 0.15) is 25.3 Å². The van der Waals surface area contributed by atoms with Gasteiger partial charge in [0.1, 0.15) is 6.33 Å². The van der Waals surface area contributed by atoms with Crippen molar-refractivity contribution in [2.24, 2.45) is 0 Å². The number of pyridine rings is 1. The number of hydrogen-bond acceptors (Lipinski definition) is 4. The van der Waals surface area contributed by atoms with Gasteiger partial charge in [0.15, 0.2) is 0 Å². The van der Waals surface area contributed by atoms with Crippen molar-refractivity contribution in [1.82, 2.24) is 24.6 Å². The lowest BCUT2D eigenvalue weighted by atomic mass is 9.99. The van der Waals surface area contributed by atoms with Crippen molar-refractivity contribution in [3.8, 4) is 11.3 Å². The maximum absolute atomic E-state index is 12.5. The van der Waals surface area contributed by atoms with Gasteiger partial charge >= 0.3 is 0 Å². The van der Waals surface area contributed by atoms with Crippen LogP contribution in [0.4, 0.5) is 0 Å². The lowest BCUT2D eigenvalue weighted by molar-refractivity contribution is 0.797. The van der Waals surface area contributed by atoms with Gasteiger partial charge in [0.2, 0.25) is 0 Å². The Kier molecular flexibility index (Phi) is 2.63. The Morgan fingerprint density at radius 1 is 1.26 bits per heavy atom. The van der Waals surface area contributed by atoms with Gasteiger partial charge in [-0.25, -0.2) is 9.97 Å². The molecular formula is C13H13N5O. The van der Waals surface area contributed by atoms with Gasteiger partial charge in [0, 0.05) is 23.5 Å². The number of hydrogen-bond donors (Lipinski definition) is 1. The van der Waals surface area contributed by atoms with E-state index in [1.165, 1.54) is 10.8 Å². The van der Waals surface area contributed by atoms with Crippen LogP contribution in [0.15, 0.2) is 35.6 Å². The summed E-state index contributed by atoms with van der Waals surface area (Å²) in [5.74, 6) is 0.449. The number of aromatic amines is 1. The molecule has 3 rings (SSSR count). The van der Waals surface area contributed by atoms with Crippen LogP contribution in [0.5, 0.6) is 0 Å². The highest BCUT2D eigenvalue weighted by Crippen LogP contribution is 2.24. The first-order chi connectivity index (χ1) is 9.18. The van der Waals surface area contributed by atoms with Gasteiger partial charge in [0.25, 0.3) is 11.3 Å². The second-order valence-corrected chi connectivity index (χ2v) is 4.59. The summed E-state index contributed by atoms with van der Waals surface area (Å²) in [7, 11) is 0. The Morgan fingerprint density at radius 2 is 2.00 bits per heavy atom. The summed E-state index contributed by atoms with van der Waals surface area (Å²) in [6.07, 6.45) is 4.84. The van der Waals surface area contributed by atoms with Crippen LogP contribution in [0.3, 0.4) is 0 Å². The summed E-state index contributed by atoms with van der Waals surface area (Å²) in [6, 6.07) is 3.69. The zero-order chi connectivity index (χ0) is 13.4. The van der Waals surface area contributed by atoms with E-state index < -0.39 is 0 Å². The molecule has 0 aromatic carbocycles. The topological polar surface area (TPSA) is 75.9 Å². The fourth-order valence-corrected chi connectivity index (χ4v) is 2.12. The number of nitrogens with one attached hydrogen (secondary N) is 1. The van der Waals surface area contributed by atoms with Crippen molar-refractivity contribution in [3.05, 3.63) is 46.8 Å². The van der Waals surface area contributed by atoms with E-state index in [4.69, 9.17) is 0 Å². The van der Waals surface area contributed by atoms with E-state index in [-0.39, 0.29) is 11.5 Å². The third kappa shape index (κ3) is 1.81. The van der Waals surface area contributed by atoms with Crippen LogP contribution in [0, 0.1) is 0 Å². The normalized spacial score (nSPS) is 11.3. The molecule has 0 atom stereocenters. The molecule has 3 aromatic rings. The average Bonchev–Trinajstić information content (AvgIpc) is 2.87. The Labute approximate surface area is 109 Å². The molecule has 0 bridgehead atoms. The highest BCUT2D eigenvalue weighted by atomic mass is 16.1. The first-order valence-corrected chi connectivity index (χ1v) is 6.05. The molecule has 0 fully saturated rings. The molecule has 0 spiro atoms. The smallest absolute Gasteiger partial charge is 0.278 e. The maximum Gasteiger partial charge on any atom is 0.278 e. The minimum Gasteiger partial charge on any atom is -0.278 e. The van der Waals surface area contributed by atoms with Crippen molar-refractivity contribution >= 4 is 5.78 Å². The van der Waals surface area contributed by atoms with E-state index in [2.05, 4.69) is 20.1 Å². The maximum atomic E-state index is 12.5. The Bertz CT molecular complexity index is 773. The first kappa shape index (κ1) is 11.6. The van der Waals surface area contributed by atoms with Crippen molar-refractivity contribution in [3.63, 3.8) is 0 Å². The van der Waals surface area contributed by atoms with E-state index in [1.54, 1.807) is 12.4 Å². The van der Waals surface area contributed by atoms with Crippen LogP contribution >= 0.6 is 0 Å². The third-order valence-corrected chi connectivity index (χ3v) is 3.00. The fraction of sp³-hybridized carbons (Fsp3) is 0.231. The van der Waals surface area contributed by atoms with Gasteiger partial charge < -0.3 is 0 Å². The lowest BCUT2D eigenvalue weighted by Gasteiger charge is -2.10. The molecule has 0 unspecified atom stereocenters. The Morgan fingerprint density at radius 3 is 2.68 bits per heavy atom. The largest absolute Gasteiger partial charge is 0.278 e. The minimum atomic E-state index is -0.107. The zero-order valence-electron chi connectivity index (χ0n) is 10.7. The number of rotatable bonds is 2. The van der Waals surface area contributed by atoms with E-state index in [0.29, 0.717) is 17.0 Å². The van der Waals surface area contributed by atoms with Crippen LogP contribution in [-0.2, 0) is 0 Å². The van der Waals surface area contributed by atoms with E-state index >= 15 is 0 Å². The lowest BCUT2D eigenvalue weighted by Crippen LogP contribution is -2.22. The van der Waals surface area contributed by atoms with Crippen LogP contribution in [0.2, 0.25) is 0 Å². The summed E-state index contributed by atoms with van der Waals surface area (Å²) in [5.41, 5.74) is 2.12. The summed E-state index contributed by atoms with van der Waals surface area (Å²) in [4.78, 5) is 25.0. The molecule has 0 saturated heterocycles. The van der Waals surface area contributed by atoms with Crippen molar-refractivity contribution in [2.45, 2.75) is 19.8 Å². The van der Waals surface area contributed by atoms with Gasteiger partial charge in [-0.1, -0.05) is 13.8 Å². The second-order valence-electron chi connectivity index (χ2n) is 4.59. The van der Waals surface area contributed by atoms with Crippen LogP contribution in [0.25, 0.3) is 17.0 Å². The molecule has 0 saturated carbocycles. The fourth-order valence-electron chi connectivity index (χ4n) is 2.12. The van der Waals surface area contributed by atoms with Gasteiger partial charge in [0.05, 0.1) is 5.69 Å². The predicted molar refractivity (Wildman–Crippen MR) is 70.9 cm³/mol. The molecule has 0 aliphatic carbocycles. The average molecular weight is 255 g/mol. The van der Waals surface area contributed by atoms with Gasteiger partial charge in [-0.2, -0.15) is 4.52 Å². The number of H-pyrrole nitrogens is 1. The quantitative estimate of drug-likeness (QED) is 0.754. The molecule has 1 N–H and O–H groups in total. The summed E-state index contributed by atoms with van der Waals surface area (Å²) in [5, 5.41) is 2.78. The molecule has 0 aliphatic rings. The molecular weight excluding hydrogens is 242 g/mol. The third-order valence-electron chi connectivity index (χ3n) is 3.00. The second kappa shape index (κ2) is 4.31. The minimum absolute atomic E-state index is 0.0726. The van der Waals surface area contributed by atoms with Gasteiger partial charge in [-0.15, -0.1) is 0 Å². The molecule has 3 heterocycles. The zero-order valence-corrected chi connectivity index (χ0v) is 10.7. The SMILES string of the molecule is CC(C)c1c(-c2ccncc2)nc2nc[nH]n2c1=O. The highest BCUT2D eigenvalue weighted by Gasteiger charge is 2.18. The van der Waals surface area contributed by atoms with Crippen molar-refractivity contribution < 1.29 is 0 Å². The molecule has 0 radical (unpaired) electrons. The molecule has 19 heavy (non-hydrogen) atoms. The molecule has 6 nitrogen and oxygen atoms in total. The molecule has 0 amide bonds. The van der Waals surface area contributed by atoms with E-state index in [1.807, 2.05) is 26.0 Å². The summed E-state index contributed by atoms with van der Waals surface area (Å²) >= 11 is 0. The highest BCUT2D eigenvalue weighted by molar-refractivity contribution is 5.64. The van der Waals surface area contributed by atoms with E-state index in [0.717, 1.165) is 5.56 Å². The van der Waals surface area contributed by atoms with Gasteiger partial charge in [-0.05, 0) is 18.1 Å². The molecule has 6 heteroatoms. The monoisotopic (exact) mass is 255 g/mol. The Balaban J connectivity index is 2.40. The van der Waals surface area contributed by atoms with E-state index in [9.17, 15) is 4.79 Å². The summed E-state index contributed by atoms with van der Waals surface area (Å²) < 4.78 is 1.36. The number of nitrogens with zero attached hydrogens (tertiary/aromatic N) is 4. The van der Waals surface area contributed by atoms with Crippen molar-refractivity contribution in [2.75, 3.05) is 0 Å². The Hall–Kier alpha value is -2.50. The number of aromatic nitrogens is 5. The van der Waals surface area contributed by atoms with Crippen LogP contribution in [-0.4, -0.2) is 24.6 Å². The van der Waals surface area contributed by atoms with Gasteiger partial charge in [-0.3, -0.25) is 14.9 Å². The molecule has 3 aromatic heterocycles. The van der Waals surface area contributed by atoms with Crippen LogP contribution < -0.4 is 5.56 Å². The standard InChI is InChI=1S/C13H13N5O/c1-8(2)10-11(9-3-5-14-6-4-9)17-13-15-7-16-18(13)12(10)19/h3-8H,1-2H3,(H,15,16,17). The molecule has 0 aliphatic heterocycles.